The average Bonchev–Trinajstić information content (AvgIpc) is 2.56. The summed E-state index contributed by atoms with van der Waals surface area (Å²) in [5.41, 5.74) is 0.955. The topological polar surface area (TPSA) is 67.9 Å². The summed E-state index contributed by atoms with van der Waals surface area (Å²) in [6, 6.07) is 7.62. The number of carbonyl (C=O) groups is 2. The molecule has 1 N–H and O–H groups in total. The molecule has 1 fully saturated rings. The first-order chi connectivity index (χ1) is 11.1. The summed E-state index contributed by atoms with van der Waals surface area (Å²) in [5.74, 6) is 0.801. The predicted molar refractivity (Wildman–Crippen MR) is 86.3 cm³/mol. The molecule has 1 aromatic carbocycles. The highest BCUT2D eigenvalue weighted by Crippen LogP contribution is 2.13. The van der Waals surface area contributed by atoms with E-state index < -0.39 is 0 Å². The summed E-state index contributed by atoms with van der Waals surface area (Å²) in [7, 11) is 3.13. The van der Waals surface area contributed by atoms with E-state index in [1.165, 1.54) is 7.11 Å². The van der Waals surface area contributed by atoms with Crippen LogP contribution in [0.4, 0.5) is 0 Å². The molecule has 0 unspecified atom stereocenters. The predicted octanol–water partition coefficient (Wildman–Crippen LogP) is 0.991. The number of hydrogen-bond donors (Lipinski definition) is 1. The zero-order valence-corrected chi connectivity index (χ0v) is 13.7. The van der Waals surface area contributed by atoms with Crippen LogP contribution in [0.3, 0.4) is 0 Å². The minimum Gasteiger partial charge on any atom is -0.497 e. The van der Waals surface area contributed by atoms with E-state index in [0.717, 1.165) is 24.2 Å². The number of rotatable bonds is 6. The van der Waals surface area contributed by atoms with Crippen molar-refractivity contribution in [3.05, 3.63) is 29.8 Å². The summed E-state index contributed by atoms with van der Waals surface area (Å²) in [6.07, 6.45) is 1.92. The van der Waals surface area contributed by atoms with Crippen molar-refractivity contribution in [3.8, 4) is 5.75 Å². The van der Waals surface area contributed by atoms with Gasteiger partial charge in [0.25, 0.3) is 0 Å². The molecule has 0 atom stereocenters. The molecule has 2 amide bonds. The first-order valence-electron chi connectivity index (χ1n) is 7.81. The van der Waals surface area contributed by atoms with Gasteiger partial charge in [0.1, 0.15) is 12.4 Å². The van der Waals surface area contributed by atoms with Crippen molar-refractivity contribution < 1.29 is 19.1 Å². The number of likely N-dealkylation sites (tertiary alicyclic amines) is 1. The Labute approximate surface area is 136 Å². The highest BCUT2D eigenvalue weighted by atomic mass is 16.5. The molecule has 0 aliphatic carbocycles. The van der Waals surface area contributed by atoms with E-state index in [9.17, 15) is 9.59 Å². The van der Waals surface area contributed by atoms with Crippen LogP contribution >= 0.6 is 0 Å². The van der Waals surface area contributed by atoms with Crippen LogP contribution in [-0.2, 0) is 20.7 Å². The van der Waals surface area contributed by atoms with Crippen molar-refractivity contribution in [2.45, 2.75) is 25.3 Å². The van der Waals surface area contributed by atoms with Gasteiger partial charge < -0.3 is 19.7 Å². The molecule has 1 aromatic rings. The first kappa shape index (κ1) is 17.3. The summed E-state index contributed by atoms with van der Waals surface area (Å²) in [6.45, 7) is 1.44. The molecule has 1 saturated heterocycles. The van der Waals surface area contributed by atoms with E-state index >= 15 is 0 Å². The van der Waals surface area contributed by atoms with Crippen LogP contribution in [0, 0.1) is 0 Å². The van der Waals surface area contributed by atoms with Crippen LogP contribution in [-0.4, -0.2) is 56.7 Å². The smallest absolute Gasteiger partial charge is 0.248 e. The monoisotopic (exact) mass is 320 g/mol. The molecular weight excluding hydrogens is 296 g/mol. The zero-order chi connectivity index (χ0) is 16.7. The molecule has 0 bridgehead atoms. The molecule has 2 rings (SSSR count). The van der Waals surface area contributed by atoms with Crippen molar-refractivity contribution in [1.82, 2.24) is 10.2 Å². The average molecular weight is 320 g/mol. The summed E-state index contributed by atoms with van der Waals surface area (Å²) in [5, 5.41) is 3.05. The van der Waals surface area contributed by atoms with Crippen molar-refractivity contribution in [3.63, 3.8) is 0 Å². The molecular formula is C17H24N2O4. The molecule has 6 heteroatoms. The minimum absolute atomic E-state index is 0.00973. The fourth-order valence-corrected chi connectivity index (χ4v) is 2.70. The molecule has 23 heavy (non-hydrogen) atoms. The third-order valence-electron chi connectivity index (χ3n) is 4.00. The van der Waals surface area contributed by atoms with Gasteiger partial charge in [-0.3, -0.25) is 9.59 Å². The Balaban J connectivity index is 1.75. The molecule has 1 heterocycles. The summed E-state index contributed by atoms with van der Waals surface area (Å²) >= 11 is 0. The van der Waals surface area contributed by atoms with Gasteiger partial charge in [0.15, 0.2) is 0 Å². The fraction of sp³-hybridized carbons (Fsp3) is 0.529. The summed E-state index contributed by atoms with van der Waals surface area (Å²) < 4.78 is 9.96. The number of methoxy groups -OCH3 is 2. The normalized spacial score (nSPS) is 15.3. The van der Waals surface area contributed by atoms with E-state index in [1.807, 2.05) is 24.3 Å². The number of benzene rings is 1. The summed E-state index contributed by atoms with van der Waals surface area (Å²) in [4.78, 5) is 25.6. The largest absolute Gasteiger partial charge is 0.497 e. The standard InChI is InChI=1S/C17H24N2O4/c1-22-12-17(21)19-9-7-14(8-10-19)18-16(20)11-13-3-5-15(23-2)6-4-13/h3-6,14H,7-12H2,1-2H3,(H,18,20). The van der Waals surface area contributed by atoms with E-state index in [2.05, 4.69) is 5.32 Å². The Morgan fingerprint density at radius 2 is 1.83 bits per heavy atom. The molecule has 6 nitrogen and oxygen atoms in total. The maximum atomic E-state index is 12.1. The highest BCUT2D eigenvalue weighted by molar-refractivity contribution is 5.79. The van der Waals surface area contributed by atoms with Gasteiger partial charge in [-0.15, -0.1) is 0 Å². The van der Waals surface area contributed by atoms with E-state index in [1.54, 1.807) is 12.0 Å². The molecule has 0 saturated carbocycles. The number of amides is 2. The van der Waals surface area contributed by atoms with Gasteiger partial charge in [-0.05, 0) is 30.5 Å². The van der Waals surface area contributed by atoms with E-state index in [-0.39, 0.29) is 24.5 Å². The number of carbonyl (C=O) groups excluding carboxylic acids is 2. The number of nitrogens with one attached hydrogen (secondary N) is 1. The Morgan fingerprint density at radius 3 is 2.39 bits per heavy atom. The quantitative estimate of drug-likeness (QED) is 0.849. The first-order valence-corrected chi connectivity index (χ1v) is 7.81. The van der Waals surface area contributed by atoms with Crippen molar-refractivity contribution in [2.75, 3.05) is 33.9 Å². The van der Waals surface area contributed by atoms with Gasteiger partial charge in [0.05, 0.1) is 13.5 Å². The van der Waals surface area contributed by atoms with Gasteiger partial charge >= 0.3 is 0 Å². The lowest BCUT2D eigenvalue weighted by molar-refractivity contribution is -0.136. The van der Waals surface area contributed by atoms with Crippen LogP contribution < -0.4 is 10.1 Å². The van der Waals surface area contributed by atoms with Crippen molar-refractivity contribution >= 4 is 11.8 Å². The number of nitrogens with zero attached hydrogens (tertiary/aromatic N) is 1. The SMILES string of the molecule is COCC(=O)N1CCC(NC(=O)Cc2ccc(OC)cc2)CC1. The Bertz CT molecular complexity index is 522. The van der Waals surface area contributed by atoms with Gasteiger partial charge in [-0.1, -0.05) is 12.1 Å². The minimum atomic E-state index is 0.00973. The highest BCUT2D eigenvalue weighted by Gasteiger charge is 2.23. The van der Waals surface area contributed by atoms with Crippen LogP contribution in [0.2, 0.25) is 0 Å². The van der Waals surface area contributed by atoms with E-state index in [4.69, 9.17) is 9.47 Å². The zero-order valence-electron chi connectivity index (χ0n) is 13.7. The van der Waals surface area contributed by atoms with Crippen molar-refractivity contribution in [2.24, 2.45) is 0 Å². The Hall–Kier alpha value is -2.08. The lowest BCUT2D eigenvalue weighted by atomic mass is 10.0. The maximum Gasteiger partial charge on any atom is 0.248 e. The second kappa shape index (κ2) is 8.53. The molecule has 1 aliphatic heterocycles. The van der Waals surface area contributed by atoms with E-state index in [0.29, 0.717) is 19.5 Å². The van der Waals surface area contributed by atoms with Gasteiger partial charge in [0, 0.05) is 26.2 Å². The molecule has 0 spiro atoms. The van der Waals surface area contributed by atoms with Crippen molar-refractivity contribution in [1.29, 1.82) is 0 Å². The maximum absolute atomic E-state index is 12.1. The van der Waals surface area contributed by atoms with Crippen LogP contribution in [0.15, 0.2) is 24.3 Å². The van der Waals surface area contributed by atoms with Crippen LogP contribution in [0.1, 0.15) is 18.4 Å². The Morgan fingerprint density at radius 1 is 1.17 bits per heavy atom. The second-order valence-electron chi connectivity index (χ2n) is 5.68. The number of hydrogen-bond acceptors (Lipinski definition) is 4. The molecule has 0 radical (unpaired) electrons. The number of ether oxygens (including phenoxy) is 2. The Kier molecular flexibility index (Phi) is 6.40. The second-order valence-corrected chi connectivity index (χ2v) is 5.68. The number of piperidine rings is 1. The van der Waals surface area contributed by atoms with Gasteiger partial charge in [-0.25, -0.2) is 0 Å². The lowest BCUT2D eigenvalue weighted by Crippen LogP contribution is -2.47. The molecule has 1 aliphatic rings. The van der Waals surface area contributed by atoms with Crippen LogP contribution in [0.25, 0.3) is 0 Å². The third-order valence-corrected chi connectivity index (χ3v) is 4.00. The van der Waals surface area contributed by atoms with Gasteiger partial charge in [0.2, 0.25) is 11.8 Å². The molecule has 126 valence electrons. The van der Waals surface area contributed by atoms with Gasteiger partial charge in [-0.2, -0.15) is 0 Å². The fourth-order valence-electron chi connectivity index (χ4n) is 2.70. The lowest BCUT2D eigenvalue weighted by Gasteiger charge is -2.32. The third kappa shape index (κ3) is 5.25. The molecule has 0 aromatic heterocycles. The van der Waals surface area contributed by atoms with Crippen LogP contribution in [0.5, 0.6) is 5.75 Å².